The maximum Gasteiger partial charge on any atom is 0.251 e. The summed E-state index contributed by atoms with van der Waals surface area (Å²) in [7, 11) is -0.841. The van der Waals surface area contributed by atoms with E-state index in [4.69, 9.17) is 16.7 Å². The molecule has 1 aromatic carbocycles. The number of carbonyl (C=O) groups excluding carboxylic acids is 1. The van der Waals surface area contributed by atoms with E-state index in [9.17, 15) is 9.00 Å². The Balaban J connectivity index is 2.60. The molecule has 0 aromatic heterocycles. The molecular formula is C15H18ClNO3S. The molecule has 1 unspecified atom stereocenters. The lowest BCUT2D eigenvalue weighted by Crippen LogP contribution is -2.25. The van der Waals surface area contributed by atoms with Gasteiger partial charge in [-0.15, -0.1) is 0 Å². The molecule has 0 fully saturated rings. The zero-order chi connectivity index (χ0) is 15.7. The van der Waals surface area contributed by atoms with Crippen LogP contribution >= 0.6 is 11.6 Å². The molecule has 4 nitrogen and oxygen atoms in total. The number of hydrogen-bond donors (Lipinski definition) is 2. The van der Waals surface area contributed by atoms with Crippen LogP contribution in [0.2, 0.25) is 5.02 Å². The number of rotatable bonds is 6. The van der Waals surface area contributed by atoms with Crippen molar-refractivity contribution in [3.05, 3.63) is 34.3 Å². The van der Waals surface area contributed by atoms with E-state index in [1.807, 2.05) is 0 Å². The fraction of sp³-hybridized carbons (Fsp3) is 0.400. The summed E-state index contributed by atoms with van der Waals surface area (Å²) in [6.45, 7) is 0.488. The largest absolute Gasteiger partial charge is 0.395 e. The molecule has 0 bridgehead atoms. The second-order valence-corrected chi connectivity index (χ2v) is 6.32. The van der Waals surface area contributed by atoms with Crippen LogP contribution in [-0.4, -0.2) is 40.4 Å². The van der Waals surface area contributed by atoms with Crippen LogP contribution < -0.4 is 5.32 Å². The van der Waals surface area contributed by atoms with Crippen molar-refractivity contribution < 1.29 is 14.1 Å². The van der Waals surface area contributed by atoms with Gasteiger partial charge in [-0.2, -0.15) is 0 Å². The van der Waals surface area contributed by atoms with Crippen LogP contribution in [0.5, 0.6) is 0 Å². The molecule has 2 N–H and O–H groups in total. The van der Waals surface area contributed by atoms with Crippen molar-refractivity contribution in [2.45, 2.75) is 12.8 Å². The zero-order valence-electron chi connectivity index (χ0n) is 11.8. The van der Waals surface area contributed by atoms with Crippen LogP contribution in [-0.2, 0) is 10.8 Å². The van der Waals surface area contributed by atoms with Gasteiger partial charge in [0.1, 0.15) is 0 Å². The first kappa shape index (κ1) is 17.7. The van der Waals surface area contributed by atoms with E-state index in [2.05, 4.69) is 17.2 Å². The number of aliphatic hydroxyl groups excluding tert-OH is 1. The third kappa shape index (κ3) is 6.76. The number of hydrogen-bond acceptors (Lipinski definition) is 3. The van der Waals surface area contributed by atoms with Gasteiger partial charge in [0.2, 0.25) is 0 Å². The minimum absolute atomic E-state index is 0.00760. The predicted molar refractivity (Wildman–Crippen MR) is 85.9 cm³/mol. The van der Waals surface area contributed by atoms with Gasteiger partial charge in [-0.3, -0.25) is 9.00 Å². The monoisotopic (exact) mass is 327 g/mol. The van der Waals surface area contributed by atoms with Crippen molar-refractivity contribution in [2.75, 3.05) is 25.2 Å². The molecule has 0 aliphatic carbocycles. The van der Waals surface area contributed by atoms with Crippen molar-refractivity contribution in [2.24, 2.45) is 0 Å². The molecule has 1 amide bonds. The highest BCUT2D eigenvalue weighted by Gasteiger charge is 2.07. The number of carbonyl (C=O) groups is 1. The van der Waals surface area contributed by atoms with Gasteiger partial charge in [-0.1, -0.05) is 23.4 Å². The summed E-state index contributed by atoms with van der Waals surface area (Å²) in [6.07, 6.45) is 2.70. The van der Waals surface area contributed by atoms with Crippen molar-refractivity contribution >= 4 is 28.3 Å². The normalized spacial score (nSPS) is 11.4. The highest BCUT2D eigenvalue weighted by Crippen LogP contribution is 2.17. The third-order valence-electron chi connectivity index (χ3n) is 2.59. The van der Waals surface area contributed by atoms with Crippen LogP contribution in [0, 0.1) is 11.8 Å². The Kier molecular flexibility index (Phi) is 8.06. The summed E-state index contributed by atoms with van der Waals surface area (Å²) in [5.74, 6) is 5.97. The highest BCUT2D eigenvalue weighted by atomic mass is 35.5. The molecule has 0 aliphatic rings. The Morgan fingerprint density at radius 2 is 2.24 bits per heavy atom. The molecule has 0 spiro atoms. The van der Waals surface area contributed by atoms with E-state index >= 15 is 0 Å². The van der Waals surface area contributed by atoms with Crippen molar-refractivity contribution in [1.82, 2.24) is 5.32 Å². The second-order valence-electron chi connectivity index (χ2n) is 4.36. The van der Waals surface area contributed by atoms with Gasteiger partial charge in [-0.05, 0) is 24.6 Å². The molecule has 0 aliphatic heterocycles. The number of aliphatic hydroxyl groups is 1. The molecule has 1 atom stereocenters. The highest BCUT2D eigenvalue weighted by molar-refractivity contribution is 7.84. The van der Waals surface area contributed by atoms with Crippen LogP contribution in [0.4, 0.5) is 0 Å². The predicted octanol–water partition coefficient (Wildman–Crippen LogP) is 1.57. The lowest BCUT2D eigenvalue weighted by molar-refractivity contribution is 0.0953. The van der Waals surface area contributed by atoms with Crippen LogP contribution in [0.1, 0.15) is 28.8 Å². The molecule has 0 saturated heterocycles. The zero-order valence-corrected chi connectivity index (χ0v) is 13.4. The van der Waals surface area contributed by atoms with Gasteiger partial charge in [-0.25, -0.2) is 0 Å². The summed E-state index contributed by atoms with van der Waals surface area (Å²) in [5.41, 5.74) is 1.09. The van der Waals surface area contributed by atoms with Gasteiger partial charge in [0.15, 0.2) is 0 Å². The maximum atomic E-state index is 11.9. The first-order chi connectivity index (χ1) is 10.0. The Labute approximate surface area is 132 Å². The van der Waals surface area contributed by atoms with Gasteiger partial charge in [0, 0.05) is 46.9 Å². The van der Waals surface area contributed by atoms with Gasteiger partial charge >= 0.3 is 0 Å². The van der Waals surface area contributed by atoms with Crippen LogP contribution in [0.15, 0.2) is 18.2 Å². The molecule has 0 saturated carbocycles. The number of amides is 1. The first-order valence-electron chi connectivity index (χ1n) is 6.52. The lowest BCUT2D eigenvalue weighted by Gasteiger charge is -2.05. The summed E-state index contributed by atoms with van der Waals surface area (Å²) in [4.78, 5) is 11.9. The van der Waals surface area contributed by atoms with E-state index in [-0.39, 0.29) is 12.5 Å². The van der Waals surface area contributed by atoms with E-state index in [0.29, 0.717) is 41.3 Å². The lowest BCUT2D eigenvalue weighted by atomic mass is 10.1. The number of benzene rings is 1. The standard InChI is InChI=1S/C15H18ClNO3S/c1-21(20)10-4-8-17-15(19)13-7-6-12(14(16)11-13)5-2-3-9-18/h6-7,11,18H,3-4,8-10H2,1H3,(H,17,19). The molecule has 1 rings (SSSR count). The van der Waals surface area contributed by atoms with Crippen molar-refractivity contribution in [3.63, 3.8) is 0 Å². The summed E-state index contributed by atoms with van der Waals surface area (Å²) >= 11 is 6.07. The summed E-state index contributed by atoms with van der Waals surface area (Å²) in [6, 6.07) is 4.91. The molecule has 21 heavy (non-hydrogen) atoms. The SMILES string of the molecule is CS(=O)CCCNC(=O)c1ccc(C#CCCO)c(Cl)c1. The van der Waals surface area contributed by atoms with E-state index < -0.39 is 10.8 Å². The molecule has 0 heterocycles. The van der Waals surface area contributed by atoms with Gasteiger partial charge < -0.3 is 10.4 Å². The van der Waals surface area contributed by atoms with Crippen molar-refractivity contribution in [3.8, 4) is 11.8 Å². The molecule has 1 aromatic rings. The summed E-state index contributed by atoms with van der Waals surface area (Å²) in [5, 5.41) is 11.8. The van der Waals surface area contributed by atoms with E-state index in [1.165, 1.54) is 0 Å². The minimum Gasteiger partial charge on any atom is -0.395 e. The topological polar surface area (TPSA) is 66.4 Å². The fourth-order valence-electron chi connectivity index (χ4n) is 1.55. The quantitative estimate of drug-likeness (QED) is 0.615. The Bertz CT molecular complexity index is 578. The third-order valence-corrected chi connectivity index (χ3v) is 3.76. The Morgan fingerprint density at radius 3 is 2.86 bits per heavy atom. The van der Waals surface area contributed by atoms with E-state index in [1.54, 1.807) is 24.5 Å². The van der Waals surface area contributed by atoms with Gasteiger partial charge in [0.05, 0.1) is 11.6 Å². The number of nitrogens with one attached hydrogen (secondary N) is 1. The van der Waals surface area contributed by atoms with Crippen LogP contribution in [0.25, 0.3) is 0 Å². The molecule has 0 radical (unpaired) electrons. The first-order valence-corrected chi connectivity index (χ1v) is 8.62. The Hall–Kier alpha value is -1.35. The number of halogens is 1. The second kappa shape index (κ2) is 9.56. The fourth-order valence-corrected chi connectivity index (χ4v) is 2.33. The molecular weight excluding hydrogens is 310 g/mol. The average Bonchev–Trinajstić information content (AvgIpc) is 2.45. The van der Waals surface area contributed by atoms with Gasteiger partial charge in [0.25, 0.3) is 5.91 Å². The summed E-state index contributed by atoms with van der Waals surface area (Å²) < 4.78 is 10.9. The average molecular weight is 328 g/mol. The van der Waals surface area contributed by atoms with Crippen molar-refractivity contribution in [1.29, 1.82) is 0 Å². The van der Waals surface area contributed by atoms with Crippen LogP contribution in [0.3, 0.4) is 0 Å². The smallest absolute Gasteiger partial charge is 0.251 e. The maximum absolute atomic E-state index is 11.9. The minimum atomic E-state index is -0.841. The molecule has 6 heteroatoms. The molecule has 114 valence electrons. The Morgan fingerprint density at radius 1 is 1.48 bits per heavy atom. The van der Waals surface area contributed by atoms with E-state index in [0.717, 1.165) is 0 Å².